The Morgan fingerprint density at radius 3 is 2.34 bits per heavy atom. The van der Waals surface area contributed by atoms with Crippen LogP contribution in [-0.4, -0.2) is 50.5 Å². The number of carbonyl (C=O) groups excluding carboxylic acids is 2. The fourth-order valence-corrected chi connectivity index (χ4v) is 8.31. The van der Waals surface area contributed by atoms with Gasteiger partial charge in [-0.2, -0.15) is 0 Å². The number of nitrogens with zero attached hydrogens (tertiary/aromatic N) is 1. The molecule has 0 radical (unpaired) electrons. The number of hydrogen-bond donors (Lipinski definition) is 2. The first kappa shape index (κ1) is 34.0. The van der Waals surface area contributed by atoms with Crippen LogP contribution in [0.2, 0.25) is 0 Å². The highest BCUT2D eigenvalue weighted by Gasteiger charge is 2.57. The van der Waals surface area contributed by atoms with Crippen LogP contribution in [0.25, 0.3) is 11.6 Å². The number of methoxy groups -OCH3 is 2. The lowest BCUT2D eigenvalue weighted by atomic mass is 9.69. The Morgan fingerprint density at radius 2 is 1.64 bits per heavy atom. The molecule has 1 aliphatic carbocycles. The van der Waals surface area contributed by atoms with Crippen molar-refractivity contribution in [3.05, 3.63) is 123 Å². The predicted octanol–water partition coefficient (Wildman–Crippen LogP) is 8.24. The lowest BCUT2D eigenvalue weighted by Gasteiger charge is -2.31. The molecule has 4 atom stereocenters. The summed E-state index contributed by atoms with van der Waals surface area (Å²) in [6, 6.07) is 31.3. The van der Waals surface area contributed by atoms with Crippen molar-refractivity contribution in [3.8, 4) is 11.5 Å². The molecule has 2 saturated heterocycles. The van der Waals surface area contributed by atoms with Gasteiger partial charge in [0, 0.05) is 24.4 Å². The van der Waals surface area contributed by atoms with Crippen molar-refractivity contribution in [2.45, 2.75) is 25.4 Å². The maximum atomic E-state index is 14.1. The van der Waals surface area contributed by atoms with E-state index >= 15 is 0 Å². The van der Waals surface area contributed by atoms with Gasteiger partial charge in [-0.3, -0.25) is 14.5 Å². The van der Waals surface area contributed by atoms with E-state index in [2.05, 4.69) is 46.1 Å². The number of halogens is 1. The minimum Gasteiger partial charge on any atom is -0.504 e. The second-order valence-corrected chi connectivity index (χ2v) is 14.1. The summed E-state index contributed by atoms with van der Waals surface area (Å²) in [4.78, 5) is 29.5. The number of rotatable bonds is 11. The number of carbonyl (C=O) groups is 2. The first-order chi connectivity index (χ1) is 24.4. The first-order valence-electron chi connectivity index (χ1n) is 16.8. The van der Waals surface area contributed by atoms with Crippen LogP contribution in [0, 0.1) is 21.3 Å². The zero-order valence-electron chi connectivity index (χ0n) is 28.0. The molecule has 0 aromatic heterocycles. The Hall–Kier alpha value is -4.45. The number of anilines is 3. The summed E-state index contributed by atoms with van der Waals surface area (Å²) in [6.45, 7) is 0.780. The molecule has 0 unspecified atom stereocenters. The second kappa shape index (κ2) is 14.8. The largest absolute Gasteiger partial charge is 0.504 e. The van der Waals surface area contributed by atoms with E-state index in [9.17, 15) is 14.7 Å². The molecule has 4 aromatic carbocycles. The number of fused-ring (bicyclic) bond motifs is 3. The van der Waals surface area contributed by atoms with E-state index in [4.69, 9.17) is 14.2 Å². The molecule has 8 nitrogen and oxygen atoms in total. The van der Waals surface area contributed by atoms with Gasteiger partial charge in [-0.05, 0) is 118 Å². The van der Waals surface area contributed by atoms with Crippen molar-refractivity contribution in [2.75, 3.05) is 37.7 Å². The molecule has 0 bridgehead atoms. The molecule has 0 saturated carbocycles. The van der Waals surface area contributed by atoms with Crippen molar-refractivity contribution in [1.82, 2.24) is 0 Å². The highest BCUT2D eigenvalue weighted by atomic mass is 127. The summed E-state index contributed by atoms with van der Waals surface area (Å²) >= 11 is 2.11. The minimum atomic E-state index is -0.471. The first-order valence-corrected chi connectivity index (χ1v) is 17.9. The van der Waals surface area contributed by atoms with Gasteiger partial charge in [0.1, 0.15) is 0 Å². The number of imide groups is 1. The van der Waals surface area contributed by atoms with E-state index in [0.29, 0.717) is 47.5 Å². The molecule has 9 heteroatoms. The number of nitrogens with one attached hydrogen (secondary N) is 1. The molecule has 7 rings (SSSR count). The average Bonchev–Trinajstić information content (AvgIpc) is 3.67. The van der Waals surface area contributed by atoms with Crippen molar-refractivity contribution < 1.29 is 28.9 Å². The van der Waals surface area contributed by atoms with E-state index in [-0.39, 0.29) is 29.6 Å². The van der Waals surface area contributed by atoms with E-state index in [1.807, 2.05) is 84.9 Å². The lowest BCUT2D eigenvalue weighted by molar-refractivity contribution is -0.122. The molecule has 2 N–H and O–H groups in total. The molecular formula is C41H39IN2O6. The van der Waals surface area contributed by atoms with Gasteiger partial charge in [0.25, 0.3) is 0 Å². The lowest BCUT2D eigenvalue weighted by Crippen LogP contribution is -2.35. The summed E-state index contributed by atoms with van der Waals surface area (Å²) in [6.07, 6.45) is 3.82. The molecular weight excluding hydrogens is 743 g/mol. The van der Waals surface area contributed by atoms with E-state index in [1.54, 1.807) is 14.2 Å². The number of aromatic hydroxyl groups is 1. The number of allylic oxidation sites excluding steroid dienone is 1. The highest BCUT2D eigenvalue weighted by molar-refractivity contribution is 14.1. The van der Waals surface area contributed by atoms with Gasteiger partial charge in [0.2, 0.25) is 11.8 Å². The van der Waals surface area contributed by atoms with Crippen LogP contribution in [0.1, 0.15) is 30.4 Å². The van der Waals surface area contributed by atoms with Crippen LogP contribution in [0.3, 0.4) is 0 Å². The Balaban J connectivity index is 1.13. The fourth-order valence-electron chi connectivity index (χ4n) is 7.69. The van der Waals surface area contributed by atoms with Crippen molar-refractivity contribution in [1.29, 1.82) is 0 Å². The molecule has 4 aromatic rings. The third-order valence-electron chi connectivity index (χ3n) is 9.95. The minimum absolute atomic E-state index is 0.126. The number of ether oxygens (including phenoxy) is 3. The molecule has 2 fully saturated rings. The van der Waals surface area contributed by atoms with Crippen LogP contribution in [0.4, 0.5) is 17.1 Å². The second-order valence-electron chi connectivity index (χ2n) is 12.9. The topological polar surface area (TPSA) is 97.3 Å². The van der Waals surface area contributed by atoms with Crippen molar-refractivity contribution >= 4 is 63.1 Å². The number of amides is 2. The molecule has 256 valence electrons. The number of para-hydroxylation sites is 1. The van der Waals surface area contributed by atoms with Crippen LogP contribution in [0.15, 0.2) is 108 Å². The van der Waals surface area contributed by atoms with Crippen molar-refractivity contribution in [2.24, 2.45) is 17.8 Å². The van der Waals surface area contributed by atoms with Crippen LogP contribution >= 0.6 is 22.6 Å². The van der Waals surface area contributed by atoms with Gasteiger partial charge in [0.15, 0.2) is 11.5 Å². The molecule has 50 heavy (non-hydrogen) atoms. The third kappa shape index (κ3) is 6.69. The molecule has 0 spiro atoms. The average molecular weight is 783 g/mol. The Labute approximate surface area is 305 Å². The van der Waals surface area contributed by atoms with Gasteiger partial charge in [-0.25, -0.2) is 0 Å². The maximum absolute atomic E-state index is 14.1. The molecule has 2 amide bonds. The normalized spacial score (nSPS) is 21.7. The Bertz CT molecular complexity index is 1940. The molecule has 2 aliphatic heterocycles. The van der Waals surface area contributed by atoms with Crippen LogP contribution < -0.4 is 15.0 Å². The summed E-state index contributed by atoms with van der Waals surface area (Å²) < 4.78 is 18.3. The van der Waals surface area contributed by atoms with Gasteiger partial charge in [-0.1, -0.05) is 54.6 Å². The van der Waals surface area contributed by atoms with Gasteiger partial charge in [-0.15, -0.1) is 0 Å². The standard InChI is InChI=1S/C41H39IN2O6/c1-48-23-28-22-32-38(41(47)44(40(32)46)31-16-14-30(15-17-31)43-29-11-7-4-8-12-29)33-24-50-35(37(28)33)18-13-27(26-9-5-3-6-10-26)19-25-20-34(42)39(45)36(21-25)49-2/h3-12,14-17,19-21,32-33,35,38,43,45H,13,18,22-24H2,1-2H3/b27-19-/t32-,33+,35-,38-/m1/s1. The third-order valence-corrected chi connectivity index (χ3v) is 10.8. The van der Waals surface area contributed by atoms with Gasteiger partial charge in [0.05, 0.1) is 47.5 Å². The van der Waals surface area contributed by atoms with Crippen LogP contribution in [0.5, 0.6) is 11.5 Å². The maximum Gasteiger partial charge on any atom is 0.238 e. The zero-order chi connectivity index (χ0) is 34.8. The zero-order valence-corrected chi connectivity index (χ0v) is 30.1. The molecule has 3 aliphatic rings. The fraction of sp³-hybridized carbons (Fsp3) is 0.268. The summed E-state index contributed by atoms with van der Waals surface area (Å²) in [7, 11) is 3.22. The summed E-state index contributed by atoms with van der Waals surface area (Å²) in [5, 5.41) is 13.8. The van der Waals surface area contributed by atoms with Gasteiger partial charge >= 0.3 is 0 Å². The van der Waals surface area contributed by atoms with E-state index in [1.165, 1.54) is 4.90 Å². The predicted molar refractivity (Wildman–Crippen MR) is 203 cm³/mol. The van der Waals surface area contributed by atoms with Gasteiger partial charge < -0.3 is 24.6 Å². The molecule has 2 heterocycles. The summed E-state index contributed by atoms with van der Waals surface area (Å²) in [5.41, 5.74) is 7.73. The Kier molecular flexibility index (Phi) is 10.1. The summed E-state index contributed by atoms with van der Waals surface area (Å²) in [5.74, 6) is -0.871. The quantitative estimate of drug-likeness (QED) is 0.0685. The van der Waals surface area contributed by atoms with Crippen molar-refractivity contribution in [3.63, 3.8) is 0 Å². The Morgan fingerprint density at radius 1 is 0.940 bits per heavy atom. The number of benzene rings is 4. The van der Waals surface area contributed by atoms with E-state index in [0.717, 1.165) is 39.2 Å². The number of hydrogen-bond acceptors (Lipinski definition) is 7. The number of phenols is 1. The SMILES string of the molecule is COCC1=C2[C@@H](CC/C(=C/c3cc(I)c(O)c(OC)c3)c3ccccc3)OC[C@@H]2[C@@H]2C(=O)N(c3ccc(Nc4ccccc4)cc3)C(=O)[C@@H]2C1. The van der Waals surface area contributed by atoms with E-state index < -0.39 is 11.8 Å². The smallest absolute Gasteiger partial charge is 0.238 e. The highest BCUT2D eigenvalue weighted by Crippen LogP contribution is 2.51. The van der Waals surface area contributed by atoms with Crippen LogP contribution in [-0.2, 0) is 19.1 Å². The number of phenolic OH excluding ortho intramolecular Hbond substituents is 1. The monoisotopic (exact) mass is 782 g/mol.